The molecule has 1 amide bonds. The molecule has 0 saturated carbocycles. The molecule has 2 rings (SSSR count). The van der Waals surface area contributed by atoms with E-state index in [-0.39, 0.29) is 5.91 Å². The van der Waals surface area contributed by atoms with E-state index in [1.165, 1.54) is 0 Å². The van der Waals surface area contributed by atoms with Gasteiger partial charge in [0.2, 0.25) is 0 Å². The van der Waals surface area contributed by atoms with Crippen LogP contribution in [-0.4, -0.2) is 12.5 Å². The van der Waals surface area contributed by atoms with Crippen LogP contribution in [0.5, 0.6) is 5.75 Å². The van der Waals surface area contributed by atoms with Gasteiger partial charge in [-0.15, -0.1) is 0 Å². The molecular formula is C17H19NO2. The van der Waals surface area contributed by atoms with Gasteiger partial charge in [-0.25, -0.2) is 0 Å². The molecule has 3 heteroatoms. The molecule has 20 heavy (non-hydrogen) atoms. The van der Waals surface area contributed by atoms with Crippen LogP contribution in [0.3, 0.4) is 0 Å². The highest BCUT2D eigenvalue weighted by Crippen LogP contribution is 2.16. The van der Waals surface area contributed by atoms with Gasteiger partial charge in [-0.2, -0.15) is 0 Å². The maximum Gasteiger partial charge on any atom is 0.255 e. The Kier molecular flexibility index (Phi) is 4.77. The molecule has 3 nitrogen and oxygen atoms in total. The van der Waals surface area contributed by atoms with E-state index in [4.69, 9.17) is 4.74 Å². The second-order valence-corrected chi connectivity index (χ2v) is 4.64. The Balaban J connectivity index is 2.04. The van der Waals surface area contributed by atoms with Crippen molar-refractivity contribution < 1.29 is 9.53 Å². The van der Waals surface area contributed by atoms with Crippen LogP contribution in [0.4, 0.5) is 5.69 Å². The molecule has 0 unspecified atom stereocenters. The summed E-state index contributed by atoms with van der Waals surface area (Å²) in [5.41, 5.74) is 2.50. The maximum absolute atomic E-state index is 12.1. The molecule has 0 aromatic heterocycles. The molecule has 0 saturated heterocycles. The molecule has 0 aliphatic rings. The minimum absolute atomic E-state index is 0.110. The molecule has 0 bridgehead atoms. The van der Waals surface area contributed by atoms with E-state index in [1.807, 2.05) is 43.3 Å². The van der Waals surface area contributed by atoms with Crippen molar-refractivity contribution in [2.24, 2.45) is 0 Å². The summed E-state index contributed by atoms with van der Waals surface area (Å²) in [6.07, 6.45) is 0.968. The summed E-state index contributed by atoms with van der Waals surface area (Å²) in [4.78, 5) is 12.1. The molecule has 0 atom stereocenters. The quantitative estimate of drug-likeness (QED) is 0.889. The van der Waals surface area contributed by atoms with Gasteiger partial charge in [0.15, 0.2) is 0 Å². The predicted octanol–water partition coefficient (Wildman–Crippen LogP) is 4.04. The van der Waals surface area contributed by atoms with E-state index >= 15 is 0 Å². The lowest BCUT2D eigenvalue weighted by Gasteiger charge is -2.09. The van der Waals surface area contributed by atoms with Crippen LogP contribution in [0.25, 0.3) is 0 Å². The number of carbonyl (C=O) groups is 1. The van der Waals surface area contributed by atoms with Gasteiger partial charge in [0.1, 0.15) is 5.75 Å². The lowest BCUT2D eigenvalue weighted by molar-refractivity contribution is 0.102. The first-order chi connectivity index (χ1) is 9.70. The average Bonchev–Trinajstić information content (AvgIpc) is 2.48. The van der Waals surface area contributed by atoms with Crippen molar-refractivity contribution >= 4 is 11.6 Å². The summed E-state index contributed by atoms with van der Waals surface area (Å²) < 4.78 is 5.50. The fraction of sp³-hybridized carbons (Fsp3) is 0.235. The number of hydrogen-bond donors (Lipinski definition) is 1. The van der Waals surface area contributed by atoms with Crippen LogP contribution in [0.2, 0.25) is 0 Å². The first-order valence-corrected chi connectivity index (χ1v) is 6.80. The number of ether oxygens (including phenoxy) is 1. The van der Waals surface area contributed by atoms with Crippen LogP contribution in [0.1, 0.15) is 29.3 Å². The molecular weight excluding hydrogens is 250 g/mol. The van der Waals surface area contributed by atoms with E-state index in [1.54, 1.807) is 12.1 Å². The highest BCUT2D eigenvalue weighted by Gasteiger charge is 2.07. The number of para-hydroxylation sites is 1. The van der Waals surface area contributed by atoms with Crippen molar-refractivity contribution in [3.8, 4) is 5.75 Å². The first kappa shape index (κ1) is 14.1. The van der Waals surface area contributed by atoms with Crippen LogP contribution < -0.4 is 10.1 Å². The van der Waals surface area contributed by atoms with Gasteiger partial charge in [-0.05, 0) is 49.2 Å². The highest BCUT2D eigenvalue weighted by molar-refractivity contribution is 6.04. The van der Waals surface area contributed by atoms with Crippen molar-refractivity contribution in [2.45, 2.75) is 20.3 Å². The second kappa shape index (κ2) is 6.75. The summed E-state index contributed by atoms with van der Waals surface area (Å²) in [6, 6.07) is 14.9. The van der Waals surface area contributed by atoms with Crippen LogP contribution in [-0.2, 0) is 0 Å². The lowest BCUT2D eigenvalue weighted by atomic mass is 10.1. The van der Waals surface area contributed by atoms with Gasteiger partial charge < -0.3 is 10.1 Å². The molecule has 0 aliphatic heterocycles. The number of rotatable bonds is 5. The van der Waals surface area contributed by atoms with Crippen molar-refractivity contribution in [1.29, 1.82) is 0 Å². The summed E-state index contributed by atoms with van der Waals surface area (Å²) in [5, 5.41) is 2.91. The van der Waals surface area contributed by atoms with Gasteiger partial charge in [-0.1, -0.05) is 25.1 Å². The number of carbonyl (C=O) groups excluding carboxylic acids is 1. The monoisotopic (exact) mass is 269 g/mol. The molecule has 0 radical (unpaired) electrons. The van der Waals surface area contributed by atoms with Crippen molar-refractivity contribution in [3.05, 3.63) is 59.7 Å². The lowest BCUT2D eigenvalue weighted by Crippen LogP contribution is -2.12. The third kappa shape index (κ3) is 3.60. The molecule has 2 aromatic rings. The van der Waals surface area contributed by atoms with Gasteiger partial charge in [0.05, 0.1) is 6.61 Å². The van der Waals surface area contributed by atoms with Gasteiger partial charge in [-0.3, -0.25) is 4.79 Å². The van der Waals surface area contributed by atoms with Crippen molar-refractivity contribution in [1.82, 2.24) is 0 Å². The van der Waals surface area contributed by atoms with Gasteiger partial charge in [0.25, 0.3) is 5.91 Å². The van der Waals surface area contributed by atoms with Crippen LogP contribution >= 0.6 is 0 Å². The zero-order valence-corrected chi connectivity index (χ0v) is 11.8. The molecule has 2 aromatic carbocycles. The van der Waals surface area contributed by atoms with Gasteiger partial charge >= 0.3 is 0 Å². The summed E-state index contributed by atoms with van der Waals surface area (Å²) in [5.74, 6) is 0.681. The number of aryl methyl sites for hydroxylation is 1. The summed E-state index contributed by atoms with van der Waals surface area (Å²) in [7, 11) is 0. The first-order valence-electron chi connectivity index (χ1n) is 6.80. The second-order valence-electron chi connectivity index (χ2n) is 4.64. The number of nitrogens with one attached hydrogen (secondary N) is 1. The molecule has 1 N–H and O–H groups in total. The van der Waals surface area contributed by atoms with E-state index < -0.39 is 0 Å². The summed E-state index contributed by atoms with van der Waals surface area (Å²) in [6.45, 7) is 4.72. The van der Waals surface area contributed by atoms with Crippen molar-refractivity contribution in [2.75, 3.05) is 11.9 Å². The standard InChI is InChI=1S/C17H19NO2/c1-3-12-20-15-10-8-14(9-11-15)17(19)18-16-7-5-4-6-13(16)2/h4-11H,3,12H2,1-2H3,(H,18,19). The minimum Gasteiger partial charge on any atom is -0.494 e. The maximum atomic E-state index is 12.1. The van der Waals surface area contributed by atoms with Crippen LogP contribution in [0.15, 0.2) is 48.5 Å². The predicted molar refractivity (Wildman–Crippen MR) is 81.4 cm³/mol. The van der Waals surface area contributed by atoms with E-state index in [2.05, 4.69) is 12.2 Å². The van der Waals surface area contributed by atoms with Crippen LogP contribution in [0, 0.1) is 6.92 Å². The molecule has 0 aliphatic carbocycles. The third-order valence-corrected chi connectivity index (χ3v) is 2.98. The highest BCUT2D eigenvalue weighted by atomic mass is 16.5. The Morgan fingerprint density at radius 1 is 1.10 bits per heavy atom. The molecule has 0 spiro atoms. The third-order valence-electron chi connectivity index (χ3n) is 2.98. The number of hydrogen-bond acceptors (Lipinski definition) is 2. The normalized spacial score (nSPS) is 10.1. The van der Waals surface area contributed by atoms with E-state index in [0.717, 1.165) is 23.4 Å². The van der Waals surface area contributed by atoms with Crippen molar-refractivity contribution in [3.63, 3.8) is 0 Å². The Bertz CT molecular complexity index is 576. The average molecular weight is 269 g/mol. The largest absolute Gasteiger partial charge is 0.494 e. The SMILES string of the molecule is CCCOc1ccc(C(=O)Nc2ccccc2C)cc1. The Morgan fingerprint density at radius 3 is 2.45 bits per heavy atom. The summed E-state index contributed by atoms with van der Waals surface area (Å²) >= 11 is 0. The Hall–Kier alpha value is -2.29. The fourth-order valence-corrected chi connectivity index (χ4v) is 1.83. The topological polar surface area (TPSA) is 38.3 Å². The fourth-order valence-electron chi connectivity index (χ4n) is 1.83. The number of benzene rings is 2. The number of amides is 1. The number of anilines is 1. The Labute approximate surface area is 119 Å². The van der Waals surface area contributed by atoms with E-state index in [0.29, 0.717) is 12.2 Å². The molecule has 0 heterocycles. The zero-order chi connectivity index (χ0) is 14.4. The minimum atomic E-state index is -0.110. The zero-order valence-electron chi connectivity index (χ0n) is 11.8. The van der Waals surface area contributed by atoms with E-state index in [9.17, 15) is 4.79 Å². The molecule has 104 valence electrons. The smallest absolute Gasteiger partial charge is 0.255 e. The van der Waals surface area contributed by atoms with Gasteiger partial charge in [0, 0.05) is 11.3 Å². The Morgan fingerprint density at radius 2 is 1.80 bits per heavy atom. The molecule has 0 fully saturated rings.